The van der Waals surface area contributed by atoms with Gasteiger partial charge in [-0.05, 0) is 61.7 Å². The summed E-state index contributed by atoms with van der Waals surface area (Å²) >= 11 is 0. The van der Waals surface area contributed by atoms with Crippen molar-refractivity contribution in [2.75, 3.05) is 13.6 Å². The van der Waals surface area contributed by atoms with Crippen LogP contribution in [0, 0.1) is 13.8 Å². The van der Waals surface area contributed by atoms with E-state index in [4.69, 9.17) is 4.74 Å². The van der Waals surface area contributed by atoms with Gasteiger partial charge in [0.1, 0.15) is 6.61 Å². The van der Waals surface area contributed by atoms with E-state index in [2.05, 4.69) is 16.9 Å². The second-order valence-electron chi connectivity index (χ2n) is 5.63. The molecule has 1 aromatic carbocycles. The zero-order valence-corrected chi connectivity index (χ0v) is 14.6. The number of rotatable bonds is 6. The van der Waals surface area contributed by atoms with E-state index in [-0.39, 0.29) is 12.6 Å². The fraction of sp³-hybridized carbons (Fsp3) is 0.316. The summed E-state index contributed by atoms with van der Waals surface area (Å²) in [7, 11) is 1.97. The van der Waals surface area contributed by atoms with Gasteiger partial charge in [0.05, 0.1) is 17.6 Å². The molecule has 0 fully saturated rings. The smallest absolute Gasteiger partial charge is 0.338 e. The summed E-state index contributed by atoms with van der Waals surface area (Å²) in [5.41, 5.74) is 4.22. The van der Waals surface area contributed by atoms with E-state index in [9.17, 15) is 4.79 Å². The highest BCUT2D eigenvalue weighted by Crippen LogP contribution is 2.25. The molecule has 2 rings (SSSR count). The van der Waals surface area contributed by atoms with Crippen LogP contribution in [-0.4, -0.2) is 35.8 Å². The van der Waals surface area contributed by atoms with Crippen molar-refractivity contribution >= 4 is 18.0 Å². The number of hydrogen-bond donors (Lipinski definition) is 0. The number of aromatic nitrogens is 1. The van der Waals surface area contributed by atoms with Crippen molar-refractivity contribution in [3.8, 4) is 0 Å². The maximum absolute atomic E-state index is 12.3. The fourth-order valence-corrected chi connectivity index (χ4v) is 2.12. The highest BCUT2D eigenvalue weighted by Gasteiger charge is 2.14. The first kappa shape index (κ1) is 17.7. The molecule has 126 valence electrons. The van der Waals surface area contributed by atoms with Gasteiger partial charge in [0.15, 0.2) is 0 Å². The van der Waals surface area contributed by atoms with Crippen LogP contribution in [0.5, 0.6) is 0 Å². The lowest BCUT2D eigenvalue weighted by molar-refractivity contribution is 0.0471. The second kappa shape index (κ2) is 8.24. The zero-order chi connectivity index (χ0) is 17.5. The first-order valence-corrected chi connectivity index (χ1v) is 7.93. The Hall–Kier alpha value is -2.69. The summed E-state index contributed by atoms with van der Waals surface area (Å²) in [5.74, 6) is -0.325. The number of ether oxygens (including phenoxy) is 1. The molecule has 0 amide bonds. The first-order chi connectivity index (χ1) is 11.5. The molecule has 1 aromatic heterocycles. The van der Waals surface area contributed by atoms with Crippen LogP contribution in [0.2, 0.25) is 0 Å². The summed E-state index contributed by atoms with van der Waals surface area (Å²) in [6, 6.07) is 7.28. The Bertz CT molecular complexity index is 727. The predicted octanol–water partition coefficient (Wildman–Crippen LogP) is 3.67. The molecule has 24 heavy (non-hydrogen) atoms. The highest BCUT2D eigenvalue weighted by molar-refractivity contribution is 5.92. The molecule has 0 spiro atoms. The van der Waals surface area contributed by atoms with Crippen molar-refractivity contribution in [2.45, 2.75) is 27.4 Å². The largest absolute Gasteiger partial charge is 0.457 e. The van der Waals surface area contributed by atoms with Crippen LogP contribution in [0.3, 0.4) is 0 Å². The SMILES string of the molecule is CCN(C)/C=N/c1ccc(C(=O)OCc2ccncc2)c(C)c1C. The van der Waals surface area contributed by atoms with Crippen molar-refractivity contribution in [1.29, 1.82) is 0 Å². The van der Waals surface area contributed by atoms with E-state index >= 15 is 0 Å². The molecule has 0 unspecified atom stereocenters. The van der Waals surface area contributed by atoms with Crippen molar-refractivity contribution in [1.82, 2.24) is 9.88 Å². The Morgan fingerprint density at radius 3 is 2.58 bits per heavy atom. The number of esters is 1. The summed E-state index contributed by atoms with van der Waals surface area (Å²) in [6.07, 6.45) is 5.15. The quantitative estimate of drug-likeness (QED) is 0.462. The average Bonchev–Trinajstić information content (AvgIpc) is 2.61. The number of carbonyl (C=O) groups is 1. The minimum Gasteiger partial charge on any atom is -0.457 e. The third-order valence-electron chi connectivity index (χ3n) is 3.99. The van der Waals surface area contributed by atoms with Gasteiger partial charge < -0.3 is 9.64 Å². The van der Waals surface area contributed by atoms with Gasteiger partial charge in [0.2, 0.25) is 0 Å². The normalized spacial score (nSPS) is 10.8. The Morgan fingerprint density at radius 2 is 1.92 bits per heavy atom. The second-order valence-corrected chi connectivity index (χ2v) is 5.63. The summed E-state index contributed by atoms with van der Waals surface area (Å²) in [4.78, 5) is 22.7. The van der Waals surface area contributed by atoms with E-state index in [0.717, 1.165) is 28.9 Å². The Balaban J connectivity index is 2.12. The molecule has 0 saturated heterocycles. The van der Waals surface area contributed by atoms with Gasteiger partial charge >= 0.3 is 5.97 Å². The minimum absolute atomic E-state index is 0.237. The third-order valence-corrected chi connectivity index (χ3v) is 3.99. The number of aliphatic imine (C=N–C) groups is 1. The van der Waals surface area contributed by atoms with Gasteiger partial charge in [-0.15, -0.1) is 0 Å². The monoisotopic (exact) mass is 325 g/mol. The van der Waals surface area contributed by atoms with Crippen LogP contribution in [-0.2, 0) is 11.3 Å². The maximum Gasteiger partial charge on any atom is 0.338 e. The van der Waals surface area contributed by atoms with Crippen LogP contribution in [0.4, 0.5) is 5.69 Å². The average molecular weight is 325 g/mol. The molecule has 0 aliphatic heterocycles. The van der Waals surface area contributed by atoms with Crippen LogP contribution in [0.1, 0.15) is 34.0 Å². The predicted molar refractivity (Wildman–Crippen MR) is 95.7 cm³/mol. The summed E-state index contributed by atoms with van der Waals surface area (Å²) in [6.45, 7) is 7.07. The van der Waals surface area contributed by atoms with Crippen LogP contribution in [0.25, 0.3) is 0 Å². The zero-order valence-electron chi connectivity index (χ0n) is 14.6. The topological polar surface area (TPSA) is 54.8 Å². The number of pyridine rings is 1. The van der Waals surface area contributed by atoms with E-state index in [0.29, 0.717) is 5.56 Å². The molecule has 0 radical (unpaired) electrons. The first-order valence-electron chi connectivity index (χ1n) is 7.93. The fourth-order valence-electron chi connectivity index (χ4n) is 2.12. The van der Waals surface area contributed by atoms with Crippen molar-refractivity contribution in [3.63, 3.8) is 0 Å². The molecule has 0 bridgehead atoms. The van der Waals surface area contributed by atoms with Gasteiger partial charge in [0, 0.05) is 26.0 Å². The molecule has 0 aliphatic carbocycles. The molecule has 0 N–H and O–H groups in total. The Morgan fingerprint density at radius 1 is 1.21 bits per heavy atom. The lowest BCUT2D eigenvalue weighted by atomic mass is 10.0. The molecule has 5 heteroatoms. The number of hydrogen-bond acceptors (Lipinski definition) is 4. The summed E-state index contributed by atoms with van der Waals surface area (Å²) < 4.78 is 5.39. The lowest BCUT2D eigenvalue weighted by Gasteiger charge is -2.12. The van der Waals surface area contributed by atoms with Gasteiger partial charge in [0.25, 0.3) is 0 Å². The van der Waals surface area contributed by atoms with E-state index < -0.39 is 0 Å². The molecular formula is C19H23N3O2. The number of carbonyl (C=O) groups excluding carboxylic acids is 1. The Labute approximate surface area is 143 Å². The number of benzene rings is 1. The molecule has 5 nitrogen and oxygen atoms in total. The molecule has 0 atom stereocenters. The van der Waals surface area contributed by atoms with Gasteiger partial charge in [-0.3, -0.25) is 4.98 Å². The van der Waals surface area contributed by atoms with Gasteiger partial charge in [-0.1, -0.05) is 0 Å². The highest BCUT2D eigenvalue weighted by atomic mass is 16.5. The number of nitrogens with zero attached hydrogens (tertiary/aromatic N) is 3. The minimum atomic E-state index is -0.325. The Kier molecular flexibility index (Phi) is 6.07. The summed E-state index contributed by atoms with van der Waals surface area (Å²) in [5, 5.41) is 0. The maximum atomic E-state index is 12.3. The molecular weight excluding hydrogens is 302 g/mol. The van der Waals surface area contributed by atoms with Crippen molar-refractivity contribution in [2.24, 2.45) is 4.99 Å². The van der Waals surface area contributed by atoms with E-state index in [1.807, 2.05) is 44.0 Å². The van der Waals surface area contributed by atoms with Gasteiger partial charge in [-0.2, -0.15) is 0 Å². The van der Waals surface area contributed by atoms with Crippen molar-refractivity contribution in [3.05, 3.63) is 58.9 Å². The molecule has 0 aliphatic rings. The molecule has 1 heterocycles. The molecule has 2 aromatic rings. The lowest BCUT2D eigenvalue weighted by Crippen LogP contribution is -2.14. The van der Waals surface area contributed by atoms with Gasteiger partial charge in [-0.25, -0.2) is 9.79 Å². The van der Waals surface area contributed by atoms with Crippen LogP contribution < -0.4 is 0 Å². The van der Waals surface area contributed by atoms with Crippen LogP contribution >= 0.6 is 0 Å². The molecule has 0 saturated carbocycles. The van der Waals surface area contributed by atoms with Crippen LogP contribution in [0.15, 0.2) is 41.7 Å². The third kappa shape index (κ3) is 4.41. The standard InChI is InChI=1S/C19H23N3O2/c1-5-22(4)13-21-18-7-6-17(14(2)15(18)3)19(23)24-12-16-8-10-20-11-9-16/h6-11,13H,5,12H2,1-4H3/b21-13+. The van der Waals surface area contributed by atoms with Crippen molar-refractivity contribution < 1.29 is 9.53 Å². The van der Waals surface area contributed by atoms with E-state index in [1.54, 1.807) is 24.8 Å². The van der Waals surface area contributed by atoms with E-state index in [1.165, 1.54) is 0 Å².